The predicted molar refractivity (Wildman–Crippen MR) is 117 cm³/mol. The summed E-state index contributed by atoms with van der Waals surface area (Å²) >= 11 is 0. The zero-order valence-corrected chi connectivity index (χ0v) is 18.1. The molecule has 168 valence electrons. The lowest BCUT2D eigenvalue weighted by atomic mass is 9.71. The average Bonchev–Trinajstić information content (AvgIpc) is 2.81. The lowest BCUT2D eigenvalue weighted by molar-refractivity contribution is -0.284. The van der Waals surface area contributed by atoms with Crippen LogP contribution in [-0.4, -0.2) is 54.9 Å². The summed E-state index contributed by atoms with van der Waals surface area (Å²) < 4.78 is 12.0. The van der Waals surface area contributed by atoms with Gasteiger partial charge in [0, 0.05) is 12.0 Å². The molecule has 1 fully saturated rings. The SMILES string of the molecule is COc1ccc2cc1O[C@@H]1[C@H]3CCN(C)[C@H](C2)[C@@H]3C=C[C@@H]1OOC(=O)c1ccccc1O. The summed E-state index contributed by atoms with van der Waals surface area (Å²) in [6.07, 6.45) is 5.04. The Kier molecular flexibility index (Phi) is 5.53. The second-order valence-electron chi connectivity index (χ2n) is 8.68. The van der Waals surface area contributed by atoms with Crippen LogP contribution >= 0.6 is 0 Å². The quantitative estimate of drug-likeness (QED) is 0.446. The highest BCUT2D eigenvalue weighted by molar-refractivity contribution is 5.91. The van der Waals surface area contributed by atoms with E-state index < -0.39 is 12.1 Å². The summed E-state index contributed by atoms with van der Waals surface area (Å²) in [5.41, 5.74) is 1.25. The van der Waals surface area contributed by atoms with Crippen molar-refractivity contribution in [3.05, 3.63) is 65.7 Å². The summed E-state index contributed by atoms with van der Waals surface area (Å²) in [5, 5.41) is 9.92. The molecule has 5 atom stereocenters. The van der Waals surface area contributed by atoms with Crippen LogP contribution in [-0.2, 0) is 16.2 Å². The third kappa shape index (κ3) is 3.72. The molecule has 1 saturated heterocycles. The highest BCUT2D eigenvalue weighted by atomic mass is 17.2. The molecular formula is C25H27NO6. The minimum Gasteiger partial charge on any atom is -0.507 e. The molecule has 0 radical (unpaired) electrons. The van der Waals surface area contributed by atoms with Gasteiger partial charge in [0.05, 0.1) is 7.11 Å². The first-order chi connectivity index (χ1) is 15.5. The second-order valence-corrected chi connectivity index (χ2v) is 8.68. The van der Waals surface area contributed by atoms with Crippen LogP contribution in [0.15, 0.2) is 54.6 Å². The van der Waals surface area contributed by atoms with Gasteiger partial charge in [-0.1, -0.05) is 30.4 Å². The number of hydrogen-bond donors (Lipinski definition) is 1. The number of para-hydroxylation sites is 1. The van der Waals surface area contributed by atoms with Gasteiger partial charge in [0.2, 0.25) is 0 Å². The molecule has 0 saturated carbocycles. The molecule has 2 aromatic rings. The topological polar surface area (TPSA) is 77.5 Å². The van der Waals surface area contributed by atoms with Crippen LogP contribution in [0, 0.1) is 11.8 Å². The Morgan fingerprint density at radius 3 is 2.84 bits per heavy atom. The number of carbonyl (C=O) groups is 1. The highest BCUT2D eigenvalue weighted by Crippen LogP contribution is 2.43. The van der Waals surface area contributed by atoms with Gasteiger partial charge >= 0.3 is 5.97 Å². The summed E-state index contributed by atoms with van der Waals surface area (Å²) in [4.78, 5) is 25.6. The van der Waals surface area contributed by atoms with Crippen molar-refractivity contribution < 1.29 is 29.1 Å². The molecule has 3 aliphatic rings. The Bertz CT molecular complexity index is 1040. The molecule has 5 rings (SSSR count). The molecule has 2 aliphatic heterocycles. The van der Waals surface area contributed by atoms with E-state index >= 15 is 0 Å². The van der Waals surface area contributed by atoms with Crippen LogP contribution in [0.3, 0.4) is 0 Å². The molecular weight excluding hydrogens is 410 g/mol. The van der Waals surface area contributed by atoms with Crippen LogP contribution in [0.2, 0.25) is 0 Å². The fraction of sp³-hybridized carbons (Fsp3) is 0.400. The molecule has 32 heavy (non-hydrogen) atoms. The molecule has 0 unspecified atom stereocenters. The number of nitrogens with zero attached hydrogens (tertiary/aromatic N) is 1. The number of rotatable bonds is 4. The smallest absolute Gasteiger partial charge is 0.376 e. The fourth-order valence-corrected chi connectivity index (χ4v) is 5.19. The standard InChI is InChI=1S/C25H27NO6/c1-26-12-11-17-16-8-10-22(31-32-25(28)18-5-3-4-6-20(18)27)24(17)30-23-14-15(13-19(16)26)7-9-21(23)29-2/h3-10,14,16-17,19,22,24,27H,11-13H2,1-2H3/t16-,17+,19-,22+,24-/m1/s1. The van der Waals surface area contributed by atoms with Crippen molar-refractivity contribution in [2.45, 2.75) is 31.1 Å². The Morgan fingerprint density at radius 1 is 1.19 bits per heavy atom. The molecule has 7 nitrogen and oxygen atoms in total. The number of aromatic hydroxyl groups is 1. The van der Waals surface area contributed by atoms with Crippen molar-refractivity contribution in [1.29, 1.82) is 0 Å². The summed E-state index contributed by atoms with van der Waals surface area (Å²) in [6, 6.07) is 12.6. The highest BCUT2D eigenvalue weighted by Gasteiger charge is 2.47. The Labute approximate surface area is 187 Å². The lowest BCUT2D eigenvalue weighted by Crippen LogP contribution is -2.55. The Balaban J connectivity index is 1.44. The summed E-state index contributed by atoms with van der Waals surface area (Å²) in [7, 11) is 3.79. The Hall–Kier alpha value is -3.03. The number of phenolic OH excluding ortho intramolecular Hbond substituents is 1. The van der Waals surface area contributed by atoms with E-state index in [1.54, 1.807) is 19.2 Å². The van der Waals surface area contributed by atoms with Crippen LogP contribution in [0.1, 0.15) is 22.3 Å². The number of likely N-dealkylation sites (N-methyl/N-ethyl adjacent to an activating group) is 1. The molecule has 7 heteroatoms. The first-order valence-corrected chi connectivity index (χ1v) is 10.9. The number of methoxy groups -OCH3 is 1. The molecule has 0 spiro atoms. The number of phenols is 1. The van der Waals surface area contributed by atoms with E-state index in [9.17, 15) is 9.90 Å². The van der Waals surface area contributed by atoms with Gasteiger partial charge in [-0.25, -0.2) is 4.79 Å². The molecule has 6 bridgehead atoms. The lowest BCUT2D eigenvalue weighted by Gasteiger charge is -2.47. The van der Waals surface area contributed by atoms with Crippen LogP contribution in [0.25, 0.3) is 0 Å². The van der Waals surface area contributed by atoms with Gasteiger partial charge in [-0.05, 0) is 62.2 Å². The van der Waals surface area contributed by atoms with Gasteiger partial charge in [-0.2, -0.15) is 4.89 Å². The van der Waals surface area contributed by atoms with Gasteiger partial charge in [0.1, 0.15) is 17.4 Å². The van der Waals surface area contributed by atoms with Gasteiger partial charge in [0.15, 0.2) is 17.6 Å². The van der Waals surface area contributed by atoms with E-state index in [-0.39, 0.29) is 23.3 Å². The number of ether oxygens (including phenoxy) is 2. The maximum Gasteiger partial charge on any atom is 0.376 e. The summed E-state index contributed by atoms with van der Waals surface area (Å²) in [6.45, 7) is 0.955. The molecule has 2 heterocycles. The number of hydrogen-bond acceptors (Lipinski definition) is 7. The normalized spacial score (nSPS) is 28.6. The minimum absolute atomic E-state index is 0.0503. The zero-order chi connectivity index (χ0) is 22.2. The zero-order valence-electron chi connectivity index (χ0n) is 18.1. The third-order valence-corrected chi connectivity index (χ3v) is 6.88. The van der Waals surface area contributed by atoms with Crippen LogP contribution in [0.4, 0.5) is 0 Å². The number of fused-ring (bicyclic) bond motifs is 2. The van der Waals surface area contributed by atoms with Crippen LogP contribution in [0.5, 0.6) is 17.2 Å². The number of likely N-dealkylation sites (tertiary alicyclic amines) is 1. The molecule has 1 N–H and O–H groups in total. The Morgan fingerprint density at radius 2 is 2.03 bits per heavy atom. The molecule has 0 amide bonds. The van der Waals surface area contributed by atoms with Gasteiger partial charge in [0.25, 0.3) is 0 Å². The van der Waals surface area contributed by atoms with E-state index in [0.29, 0.717) is 23.5 Å². The van der Waals surface area contributed by atoms with Crippen molar-refractivity contribution in [2.75, 3.05) is 20.7 Å². The van der Waals surface area contributed by atoms with Gasteiger partial charge in [-0.15, -0.1) is 0 Å². The predicted octanol–water partition coefficient (Wildman–Crippen LogP) is 3.37. The molecule has 1 aliphatic carbocycles. The number of piperidine rings is 1. The first-order valence-electron chi connectivity index (χ1n) is 10.9. The van der Waals surface area contributed by atoms with Crippen molar-refractivity contribution in [3.8, 4) is 17.2 Å². The van der Waals surface area contributed by atoms with Crippen molar-refractivity contribution in [2.24, 2.45) is 11.8 Å². The number of carbonyl (C=O) groups excluding carboxylic acids is 1. The summed E-state index contributed by atoms with van der Waals surface area (Å²) in [5.74, 6) is 0.928. The maximum absolute atomic E-state index is 12.5. The van der Waals surface area contributed by atoms with E-state index in [4.69, 9.17) is 19.2 Å². The maximum atomic E-state index is 12.5. The average molecular weight is 437 g/mol. The van der Waals surface area contributed by atoms with Crippen molar-refractivity contribution in [3.63, 3.8) is 0 Å². The van der Waals surface area contributed by atoms with E-state index in [1.165, 1.54) is 17.7 Å². The van der Waals surface area contributed by atoms with Crippen molar-refractivity contribution >= 4 is 5.97 Å². The van der Waals surface area contributed by atoms with Gasteiger partial charge < -0.3 is 19.5 Å². The molecule has 2 aromatic carbocycles. The minimum atomic E-state index is -0.748. The first kappa shape index (κ1) is 20.8. The van der Waals surface area contributed by atoms with E-state index in [2.05, 4.69) is 24.1 Å². The van der Waals surface area contributed by atoms with Crippen LogP contribution < -0.4 is 9.47 Å². The van der Waals surface area contributed by atoms with E-state index in [1.807, 2.05) is 18.2 Å². The second kappa shape index (κ2) is 8.48. The van der Waals surface area contributed by atoms with Crippen molar-refractivity contribution in [1.82, 2.24) is 4.90 Å². The number of benzene rings is 2. The monoisotopic (exact) mass is 437 g/mol. The fourth-order valence-electron chi connectivity index (χ4n) is 5.19. The van der Waals surface area contributed by atoms with E-state index in [0.717, 1.165) is 19.4 Å². The third-order valence-electron chi connectivity index (χ3n) is 6.88. The molecule has 0 aromatic heterocycles. The largest absolute Gasteiger partial charge is 0.507 e. The van der Waals surface area contributed by atoms with Gasteiger partial charge in [-0.3, -0.25) is 4.89 Å².